The van der Waals surface area contributed by atoms with Gasteiger partial charge in [0.1, 0.15) is 11.6 Å². The molecule has 0 aliphatic carbocycles. The fraction of sp³-hybridized carbons (Fsp3) is 0.769. The van der Waals surface area contributed by atoms with Gasteiger partial charge in [-0.2, -0.15) is 0 Å². The minimum absolute atomic E-state index is 0.249. The highest BCUT2D eigenvalue weighted by Crippen LogP contribution is 2.27. The molecule has 1 saturated heterocycles. The molecular formula is C13H21NO4. The highest BCUT2D eigenvalue weighted by atomic mass is 16.7. The van der Waals surface area contributed by atoms with Crippen molar-refractivity contribution in [1.82, 2.24) is 5.06 Å². The number of allylic oxidation sites excluding steroid dienone is 1. The molecule has 5 heteroatoms. The molecule has 0 N–H and O–H groups in total. The van der Waals surface area contributed by atoms with Crippen molar-refractivity contribution in [3.8, 4) is 0 Å². The van der Waals surface area contributed by atoms with Crippen LogP contribution in [0.25, 0.3) is 0 Å². The number of carbonyl (C=O) groups excluding carboxylic acids is 2. The number of hydrogen-bond donors (Lipinski definition) is 0. The Labute approximate surface area is 108 Å². The summed E-state index contributed by atoms with van der Waals surface area (Å²) in [4.78, 5) is 28.2. The van der Waals surface area contributed by atoms with Crippen molar-refractivity contribution in [3.05, 3.63) is 5.70 Å². The third-order valence-corrected chi connectivity index (χ3v) is 2.54. The molecule has 18 heavy (non-hydrogen) atoms. The SMILES string of the molecule is CCOC(=O)C1CCN(OC(C)(C)C)C(=C=O)C1. The summed E-state index contributed by atoms with van der Waals surface area (Å²) >= 11 is 0. The zero-order chi connectivity index (χ0) is 13.8. The topological polar surface area (TPSA) is 55.8 Å². The van der Waals surface area contributed by atoms with Gasteiger partial charge in [0.05, 0.1) is 18.1 Å². The number of nitrogens with zero attached hydrogens (tertiary/aromatic N) is 1. The molecule has 5 nitrogen and oxygen atoms in total. The van der Waals surface area contributed by atoms with Crippen LogP contribution in [0.5, 0.6) is 0 Å². The van der Waals surface area contributed by atoms with E-state index in [1.165, 1.54) is 0 Å². The Morgan fingerprint density at radius 1 is 1.50 bits per heavy atom. The van der Waals surface area contributed by atoms with Crippen LogP contribution in [0.2, 0.25) is 0 Å². The summed E-state index contributed by atoms with van der Waals surface area (Å²) in [6.07, 6.45) is 0.957. The molecular weight excluding hydrogens is 234 g/mol. The van der Waals surface area contributed by atoms with Gasteiger partial charge in [0.2, 0.25) is 0 Å². The number of piperidine rings is 1. The Morgan fingerprint density at radius 3 is 2.67 bits per heavy atom. The number of rotatable bonds is 3. The fourth-order valence-corrected chi connectivity index (χ4v) is 1.83. The van der Waals surface area contributed by atoms with Gasteiger partial charge in [-0.05, 0) is 34.1 Å². The summed E-state index contributed by atoms with van der Waals surface area (Å²) in [5.74, 6) is 1.35. The maximum atomic E-state index is 11.6. The van der Waals surface area contributed by atoms with E-state index in [4.69, 9.17) is 9.57 Å². The average Bonchev–Trinajstić information content (AvgIpc) is 2.27. The molecule has 0 spiro atoms. The van der Waals surface area contributed by atoms with Gasteiger partial charge in [-0.15, -0.1) is 0 Å². The van der Waals surface area contributed by atoms with Crippen LogP contribution in [0.1, 0.15) is 40.5 Å². The second-order valence-corrected chi connectivity index (χ2v) is 5.30. The standard InChI is InChI=1S/C13H21NO4/c1-5-17-12(16)10-6-7-14(11(8-10)9-15)18-13(2,3)4/h10H,5-8H2,1-4H3. The summed E-state index contributed by atoms with van der Waals surface area (Å²) in [5, 5.41) is 1.54. The molecule has 0 aromatic rings. The van der Waals surface area contributed by atoms with E-state index in [1.807, 2.05) is 26.7 Å². The lowest BCUT2D eigenvalue weighted by molar-refractivity contribution is -0.216. The molecule has 0 aromatic heterocycles. The Morgan fingerprint density at radius 2 is 2.17 bits per heavy atom. The third-order valence-electron chi connectivity index (χ3n) is 2.54. The van der Waals surface area contributed by atoms with Gasteiger partial charge in [0.15, 0.2) is 0 Å². The number of hydrogen-bond acceptors (Lipinski definition) is 5. The van der Waals surface area contributed by atoms with Gasteiger partial charge < -0.3 is 4.74 Å². The van der Waals surface area contributed by atoms with Gasteiger partial charge >= 0.3 is 5.97 Å². The molecule has 0 saturated carbocycles. The molecule has 0 aromatic carbocycles. The zero-order valence-corrected chi connectivity index (χ0v) is 11.5. The molecule has 1 fully saturated rings. The van der Waals surface area contributed by atoms with Crippen LogP contribution in [0.3, 0.4) is 0 Å². The monoisotopic (exact) mass is 255 g/mol. The van der Waals surface area contributed by atoms with E-state index >= 15 is 0 Å². The van der Waals surface area contributed by atoms with Crippen LogP contribution >= 0.6 is 0 Å². The summed E-state index contributed by atoms with van der Waals surface area (Å²) in [6.45, 7) is 8.36. The van der Waals surface area contributed by atoms with Gasteiger partial charge in [-0.25, -0.2) is 9.86 Å². The molecule has 1 rings (SSSR count). The molecule has 0 bridgehead atoms. The van der Waals surface area contributed by atoms with Crippen molar-refractivity contribution in [2.45, 2.75) is 46.1 Å². The first-order valence-corrected chi connectivity index (χ1v) is 6.24. The summed E-state index contributed by atoms with van der Waals surface area (Å²) in [6, 6.07) is 0. The number of ether oxygens (including phenoxy) is 1. The van der Waals surface area contributed by atoms with Crippen molar-refractivity contribution in [2.75, 3.05) is 13.2 Å². The largest absolute Gasteiger partial charge is 0.466 e. The first kappa shape index (κ1) is 14.7. The Hall–Kier alpha value is -1.32. The minimum Gasteiger partial charge on any atom is -0.466 e. The second kappa shape index (κ2) is 6.03. The lowest BCUT2D eigenvalue weighted by Gasteiger charge is -2.36. The van der Waals surface area contributed by atoms with Crippen LogP contribution in [-0.2, 0) is 19.2 Å². The minimum atomic E-state index is -0.376. The third kappa shape index (κ3) is 4.17. The fourth-order valence-electron chi connectivity index (χ4n) is 1.83. The molecule has 1 aliphatic rings. The van der Waals surface area contributed by atoms with Crippen molar-refractivity contribution in [3.63, 3.8) is 0 Å². The van der Waals surface area contributed by atoms with Crippen LogP contribution in [0.4, 0.5) is 0 Å². The molecule has 1 unspecified atom stereocenters. The summed E-state index contributed by atoms with van der Waals surface area (Å²) in [7, 11) is 0. The maximum absolute atomic E-state index is 11.6. The van der Waals surface area contributed by atoms with Crippen LogP contribution in [0, 0.1) is 5.92 Å². The van der Waals surface area contributed by atoms with Gasteiger partial charge in [-0.1, -0.05) is 0 Å². The highest BCUT2D eigenvalue weighted by molar-refractivity contribution is 5.73. The lowest BCUT2D eigenvalue weighted by atomic mass is 9.96. The summed E-state index contributed by atoms with van der Waals surface area (Å²) in [5.41, 5.74) is 0.00742. The van der Waals surface area contributed by atoms with E-state index in [0.717, 1.165) is 0 Å². The van der Waals surface area contributed by atoms with Crippen molar-refractivity contribution in [2.24, 2.45) is 5.92 Å². The van der Waals surface area contributed by atoms with Crippen LogP contribution in [0.15, 0.2) is 5.70 Å². The zero-order valence-electron chi connectivity index (χ0n) is 11.5. The van der Waals surface area contributed by atoms with Crippen molar-refractivity contribution in [1.29, 1.82) is 0 Å². The molecule has 1 aliphatic heterocycles. The van der Waals surface area contributed by atoms with Gasteiger partial charge in [-0.3, -0.25) is 9.63 Å². The van der Waals surface area contributed by atoms with Crippen LogP contribution < -0.4 is 0 Å². The van der Waals surface area contributed by atoms with E-state index in [0.29, 0.717) is 31.7 Å². The Balaban J connectivity index is 2.66. The molecule has 1 atom stereocenters. The summed E-state index contributed by atoms with van der Waals surface area (Å²) < 4.78 is 4.97. The van der Waals surface area contributed by atoms with E-state index in [2.05, 4.69) is 0 Å². The number of carbonyl (C=O) groups is 1. The van der Waals surface area contributed by atoms with E-state index < -0.39 is 0 Å². The molecule has 0 amide bonds. The van der Waals surface area contributed by atoms with Crippen molar-refractivity contribution < 1.29 is 19.2 Å². The van der Waals surface area contributed by atoms with Gasteiger partial charge in [0.25, 0.3) is 0 Å². The van der Waals surface area contributed by atoms with Gasteiger partial charge in [0, 0.05) is 13.0 Å². The maximum Gasteiger partial charge on any atom is 0.309 e. The average molecular weight is 255 g/mol. The van der Waals surface area contributed by atoms with E-state index in [1.54, 1.807) is 12.0 Å². The van der Waals surface area contributed by atoms with Crippen molar-refractivity contribution >= 4 is 11.9 Å². The Kier molecular flexibility index (Phi) is 4.93. The first-order valence-electron chi connectivity index (χ1n) is 6.24. The predicted molar refractivity (Wildman–Crippen MR) is 66.1 cm³/mol. The van der Waals surface area contributed by atoms with E-state index in [9.17, 15) is 9.59 Å². The van der Waals surface area contributed by atoms with E-state index in [-0.39, 0.29) is 17.5 Å². The molecule has 0 radical (unpaired) electrons. The molecule has 1 heterocycles. The normalized spacial score (nSPS) is 20.6. The number of esters is 1. The quantitative estimate of drug-likeness (QED) is 0.567. The smallest absolute Gasteiger partial charge is 0.309 e. The molecule has 102 valence electrons. The predicted octanol–water partition coefficient (Wildman–Crippen LogP) is 1.71. The number of hydroxylamine groups is 2. The highest BCUT2D eigenvalue weighted by Gasteiger charge is 2.32. The second-order valence-electron chi connectivity index (χ2n) is 5.30. The van der Waals surface area contributed by atoms with Crippen LogP contribution in [-0.4, -0.2) is 35.7 Å². The lowest BCUT2D eigenvalue weighted by Crippen LogP contribution is -2.40. The Bertz CT molecular complexity index is 352. The first-order chi connectivity index (χ1) is 8.37.